The van der Waals surface area contributed by atoms with Gasteiger partial charge in [0.1, 0.15) is 4.90 Å². The van der Waals surface area contributed by atoms with Gasteiger partial charge in [-0.15, -0.1) is 0 Å². The van der Waals surface area contributed by atoms with Gasteiger partial charge in [0.25, 0.3) is 5.56 Å². The molecule has 37 heavy (non-hydrogen) atoms. The first-order valence-corrected chi connectivity index (χ1v) is 13.3. The molecule has 1 N–H and O–H groups in total. The van der Waals surface area contributed by atoms with E-state index in [0.29, 0.717) is 0 Å². The van der Waals surface area contributed by atoms with Crippen LogP contribution in [0.1, 0.15) is 34.0 Å². The molecule has 2 aromatic carbocycles. The van der Waals surface area contributed by atoms with Crippen molar-refractivity contribution in [3.05, 3.63) is 111 Å². The highest BCUT2D eigenvalue weighted by atomic mass is 35.5. The van der Waals surface area contributed by atoms with Crippen LogP contribution in [0.3, 0.4) is 0 Å². The van der Waals surface area contributed by atoms with Crippen molar-refractivity contribution < 1.29 is 24.5 Å². The van der Waals surface area contributed by atoms with Crippen molar-refractivity contribution in [3.8, 4) is 5.69 Å². The Hall–Kier alpha value is -3.15. The molecule has 12 heteroatoms. The third-order valence-corrected chi connectivity index (χ3v) is 7.28. The van der Waals surface area contributed by atoms with Crippen molar-refractivity contribution in [2.45, 2.75) is 31.2 Å². The minimum Gasteiger partial charge on any atom is -0.394 e. The molecule has 4 aromatic rings. The third-order valence-electron chi connectivity index (χ3n) is 5.93. The summed E-state index contributed by atoms with van der Waals surface area (Å²) in [5.41, 5.74) is 2.74. The predicted octanol–water partition coefficient (Wildman–Crippen LogP) is 7.13. The first kappa shape index (κ1) is 26.9. The van der Waals surface area contributed by atoms with E-state index in [9.17, 15) is 29.3 Å². The molecule has 0 spiro atoms. The summed E-state index contributed by atoms with van der Waals surface area (Å²) in [5, 5.41) is 10.1. The quantitative estimate of drug-likeness (QED) is 0.245. The van der Waals surface area contributed by atoms with Gasteiger partial charge in [-0.25, -0.2) is 4.98 Å². The fourth-order valence-corrected chi connectivity index (χ4v) is 5.12. The molecule has 0 bridgehead atoms. The largest absolute Gasteiger partial charge is 0.394 e. The van der Waals surface area contributed by atoms with Gasteiger partial charge in [-0.1, -0.05) is 55.3 Å². The highest BCUT2D eigenvalue weighted by Gasteiger charge is 2.65. The van der Waals surface area contributed by atoms with Gasteiger partial charge in [-0.3, -0.25) is 4.79 Å². The van der Waals surface area contributed by atoms with E-state index < -0.39 is 33.3 Å². The summed E-state index contributed by atoms with van der Waals surface area (Å²) in [6.45, 7) is 2.95. The normalized spacial score (nSPS) is 14.7. The number of pyridine rings is 1. The summed E-state index contributed by atoms with van der Waals surface area (Å²) in [6.07, 6.45) is 4.87. The summed E-state index contributed by atoms with van der Waals surface area (Å²) in [4.78, 5) is 15.4. The van der Waals surface area contributed by atoms with Crippen molar-refractivity contribution >= 4 is 21.8 Å². The maximum atomic E-state index is 13.4. The van der Waals surface area contributed by atoms with Crippen molar-refractivity contribution in [2.75, 3.05) is 6.61 Å². The van der Waals surface area contributed by atoms with Gasteiger partial charge in [0.2, 0.25) is 0 Å². The number of nitrogens with zero attached hydrogens (tertiary/aromatic N) is 3. The number of halogens is 6. The van der Waals surface area contributed by atoms with Crippen molar-refractivity contribution in [2.24, 2.45) is 0 Å². The molecule has 0 unspecified atom stereocenters. The zero-order chi connectivity index (χ0) is 27.2. The minimum atomic E-state index is -9.96. The number of aromatic nitrogens is 3. The van der Waals surface area contributed by atoms with Gasteiger partial charge < -0.3 is 14.2 Å². The van der Waals surface area contributed by atoms with E-state index in [4.69, 9.17) is 11.6 Å². The van der Waals surface area contributed by atoms with Crippen LogP contribution < -0.4 is 5.56 Å². The van der Waals surface area contributed by atoms with Gasteiger partial charge in [-0.2, -0.15) is 0 Å². The summed E-state index contributed by atoms with van der Waals surface area (Å²) in [6, 6.07) is 8.13. The van der Waals surface area contributed by atoms with Gasteiger partial charge in [0.15, 0.2) is 0 Å². The van der Waals surface area contributed by atoms with Crippen LogP contribution in [0, 0.1) is 13.8 Å². The zero-order valence-corrected chi connectivity index (χ0v) is 21.3. The van der Waals surface area contributed by atoms with Crippen LogP contribution in [-0.2, 0) is 6.42 Å². The predicted molar refractivity (Wildman–Crippen MR) is 135 cm³/mol. The van der Waals surface area contributed by atoms with Crippen molar-refractivity contribution in [1.82, 2.24) is 14.1 Å². The Balaban J connectivity index is 1.72. The average molecular weight is 560 g/mol. The SMILES string of the molecule is Cc1cn(-c2ccc(Cc3cc(Cl)cn([C@@H](CO)c4cccc(S(F)(F)(F)(F)F)c4)c3=O)cc2C)cn1. The number of hydrogen-bond donors (Lipinski definition) is 1. The van der Waals surface area contributed by atoms with E-state index in [1.54, 1.807) is 6.33 Å². The summed E-state index contributed by atoms with van der Waals surface area (Å²) < 4.78 is 69.6. The number of aliphatic hydroxyl groups is 1. The van der Waals surface area contributed by atoms with Crippen molar-refractivity contribution in [1.29, 1.82) is 0 Å². The van der Waals surface area contributed by atoms with Gasteiger partial charge in [-0.05, 0) is 54.8 Å². The van der Waals surface area contributed by atoms with Crippen LogP contribution in [0.2, 0.25) is 5.02 Å². The number of hydrogen-bond acceptors (Lipinski definition) is 3. The average Bonchev–Trinajstić information content (AvgIpc) is 3.22. The molecule has 2 aromatic heterocycles. The molecule has 0 saturated carbocycles. The molecule has 0 aliphatic heterocycles. The van der Waals surface area contributed by atoms with E-state index >= 15 is 0 Å². The molecule has 0 radical (unpaired) electrons. The number of benzene rings is 2. The van der Waals surface area contributed by atoms with Crippen LogP contribution in [-0.4, -0.2) is 25.8 Å². The summed E-state index contributed by atoms with van der Waals surface area (Å²) in [5.74, 6) is 0. The van der Waals surface area contributed by atoms with Crippen LogP contribution >= 0.6 is 21.8 Å². The van der Waals surface area contributed by atoms with E-state index in [1.807, 2.05) is 42.8 Å². The second-order valence-electron chi connectivity index (χ2n) is 8.86. The molecular weight excluding hydrogens is 537 g/mol. The molecule has 2 heterocycles. The molecular formula is C25H23ClF5N3O2S. The van der Waals surface area contributed by atoms with E-state index in [2.05, 4.69) is 4.98 Å². The molecule has 1 atom stereocenters. The van der Waals surface area contributed by atoms with E-state index in [-0.39, 0.29) is 34.7 Å². The smallest absolute Gasteiger partial charge is 0.310 e. The van der Waals surface area contributed by atoms with Crippen molar-refractivity contribution in [3.63, 3.8) is 0 Å². The lowest BCUT2D eigenvalue weighted by molar-refractivity contribution is 0.246. The Morgan fingerprint density at radius 3 is 2.35 bits per heavy atom. The fraction of sp³-hybridized carbons (Fsp3) is 0.200. The maximum Gasteiger partial charge on any atom is 0.310 e. The van der Waals surface area contributed by atoms with Crippen LogP contribution in [0.5, 0.6) is 0 Å². The van der Waals surface area contributed by atoms with Gasteiger partial charge >= 0.3 is 10.2 Å². The molecule has 0 amide bonds. The minimum absolute atomic E-state index is 0.0964. The molecule has 0 fully saturated rings. The van der Waals surface area contributed by atoms with Gasteiger partial charge in [0.05, 0.1) is 29.7 Å². The first-order valence-electron chi connectivity index (χ1n) is 11.0. The fourth-order valence-electron chi connectivity index (χ4n) is 4.19. The molecule has 4 rings (SSSR count). The maximum absolute atomic E-state index is 13.4. The highest BCUT2D eigenvalue weighted by molar-refractivity contribution is 8.45. The lowest BCUT2D eigenvalue weighted by Crippen LogP contribution is -2.30. The second-order valence-corrected chi connectivity index (χ2v) is 11.7. The topological polar surface area (TPSA) is 60.0 Å². The lowest BCUT2D eigenvalue weighted by atomic mass is 10.0. The lowest BCUT2D eigenvalue weighted by Gasteiger charge is -2.40. The Bertz CT molecular complexity index is 1550. The number of aryl methyl sites for hydroxylation is 2. The highest BCUT2D eigenvalue weighted by Crippen LogP contribution is 3.02. The zero-order valence-electron chi connectivity index (χ0n) is 19.7. The second kappa shape index (κ2) is 8.71. The standard InChI is InChI=1S/C25H23ClF5N3O2S/c1-16-8-18(6-7-23(16)33-12-17(2)32-15-33)9-20-10-21(26)13-34(25(20)36)24(14-35)19-4-3-5-22(11-19)37(27,28,29,30)31/h3-8,10-13,15,24,35H,9,14H2,1-2H3/t24-/m0/s1. The molecule has 0 aliphatic rings. The van der Waals surface area contributed by atoms with Crippen LogP contribution in [0.4, 0.5) is 19.4 Å². The molecule has 0 saturated heterocycles. The van der Waals surface area contributed by atoms with E-state index in [1.165, 1.54) is 6.07 Å². The third kappa shape index (κ3) is 5.89. The number of aliphatic hydroxyl groups excluding tert-OH is 1. The monoisotopic (exact) mass is 559 g/mol. The molecule has 0 aliphatic carbocycles. The summed E-state index contributed by atoms with van der Waals surface area (Å²) >= 11 is 6.22. The molecule has 5 nitrogen and oxygen atoms in total. The Morgan fingerprint density at radius 1 is 1.03 bits per heavy atom. The summed E-state index contributed by atoms with van der Waals surface area (Å²) in [7, 11) is -9.96. The van der Waals surface area contributed by atoms with Crippen LogP contribution in [0.15, 0.2) is 76.9 Å². The number of imidazole rings is 1. The Kier molecular flexibility index (Phi) is 6.33. The Labute approximate surface area is 214 Å². The molecule has 198 valence electrons. The van der Waals surface area contributed by atoms with Crippen LogP contribution in [0.25, 0.3) is 5.69 Å². The first-order chi connectivity index (χ1) is 17.1. The van der Waals surface area contributed by atoms with E-state index in [0.717, 1.165) is 45.4 Å². The Morgan fingerprint density at radius 2 is 1.76 bits per heavy atom. The number of rotatable bonds is 7. The van der Waals surface area contributed by atoms with Gasteiger partial charge in [0, 0.05) is 30.1 Å².